The molecule has 8 heteroatoms. The molecule has 1 N–H and O–H groups in total. The average molecular weight is 462 g/mol. The van der Waals surface area contributed by atoms with Crippen LogP contribution in [0.5, 0.6) is 0 Å². The van der Waals surface area contributed by atoms with E-state index < -0.39 is 28.7 Å². The van der Waals surface area contributed by atoms with Crippen molar-refractivity contribution in [1.82, 2.24) is 0 Å². The van der Waals surface area contributed by atoms with Gasteiger partial charge in [-0.2, -0.15) is 5.26 Å². The smallest absolute Gasteiger partial charge is 0.311 e. The molecule has 3 unspecified atom stereocenters. The summed E-state index contributed by atoms with van der Waals surface area (Å²) in [6.45, 7) is 8.89. The number of nitrogens with zero attached hydrogens (tertiary/aromatic N) is 2. The van der Waals surface area contributed by atoms with Crippen LogP contribution >= 0.6 is 0 Å². The number of hydrogen-bond donors (Lipinski definition) is 1. The number of carboxylic acids is 1. The molecule has 0 amide bonds. The first-order chi connectivity index (χ1) is 15.3. The highest BCUT2D eigenvalue weighted by Crippen LogP contribution is 2.33. The number of carbonyl (C=O) groups excluding carboxylic acids is 2. The van der Waals surface area contributed by atoms with Gasteiger partial charge in [0.15, 0.2) is 12.4 Å². The van der Waals surface area contributed by atoms with Gasteiger partial charge in [0.05, 0.1) is 22.8 Å². The minimum absolute atomic E-state index is 0.0508. The molecule has 0 aliphatic heterocycles. The van der Waals surface area contributed by atoms with Crippen LogP contribution in [-0.4, -0.2) is 36.2 Å². The van der Waals surface area contributed by atoms with Crippen LogP contribution in [0.2, 0.25) is 0 Å². The van der Waals surface area contributed by atoms with E-state index in [1.165, 1.54) is 0 Å². The summed E-state index contributed by atoms with van der Waals surface area (Å²) >= 11 is 0. The second-order valence-electron chi connectivity index (χ2n) is 9.76. The highest BCUT2D eigenvalue weighted by Gasteiger charge is 2.33. The summed E-state index contributed by atoms with van der Waals surface area (Å²) in [5.74, 6) is -2.26. The zero-order valence-electron chi connectivity index (χ0n) is 20.6. The number of carbonyl (C=O) groups is 3. The van der Waals surface area contributed by atoms with E-state index in [4.69, 9.17) is 14.6 Å². The van der Waals surface area contributed by atoms with E-state index in [2.05, 4.69) is 13.0 Å². The molecule has 0 saturated heterocycles. The number of pyridine rings is 1. The third-order valence-corrected chi connectivity index (χ3v) is 5.82. The van der Waals surface area contributed by atoms with Crippen LogP contribution in [0.4, 0.5) is 0 Å². The van der Waals surface area contributed by atoms with E-state index >= 15 is 0 Å². The number of aliphatic carboxylic acids is 1. The minimum Gasteiger partial charge on any atom is -0.481 e. The van der Waals surface area contributed by atoms with Gasteiger partial charge in [0, 0.05) is 18.6 Å². The number of carboxylic acid groups (broad SMARTS) is 1. The molecule has 1 rings (SSSR count). The maximum absolute atomic E-state index is 12.6. The summed E-state index contributed by atoms with van der Waals surface area (Å²) in [6, 6.07) is 6.17. The second-order valence-corrected chi connectivity index (χ2v) is 9.76. The number of esters is 2. The maximum Gasteiger partial charge on any atom is 0.311 e. The Balaban J connectivity index is 2.46. The molecule has 0 radical (unpaired) electrons. The largest absolute Gasteiger partial charge is 0.481 e. The number of nitriles is 1. The van der Waals surface area contributed by atoms with E-state index in [-0.39, 0.29) is 44.4 Å². The Bertz CT molecular complexity index is 859. The molecule has 1 aromatic rings. The molecule has 0 bridgehead atoms. The summed E-state index contributed by atoms with van der Waals surface area (Å²) in [4.78, 5) is 35.6. The Hall–Kier alpha value is -2.95. The quantitative estimate of drug-likeness (QED) is 0.271. The fraction of sp³-hybridized carbons (Fsp3) is 0.640. The van der Waals surface area contributed by atoms with Gasteiger partial charge >= 0.3 is 17.9 Å². The third-order valence-electron chi connectivity index (χ3n) is 5.82. The highest BCUT2D eigenvalue weighted by molar-refractivity contribution is 5.76. The number of rotatable bonds is 13. The van der Waals surface area contributed by atoms with Crippen molar-refractivity contribution in [3.63, 3.8) is 0 Å². The monoisotopic (exact) mass is 461 g/mol. The van der Waals surface area contributed by atoms with Crippen LogP contribution in [0.15, 0.2) is 24.5 Å². The van der Waals surface area contributed by atoms with E-state index in [9.17, 15) is 19.6 Å². The molecule has 3 atom stereocenters. The van der Waals surface area contributed by atoms with Gasteiger partial charge in [-0.05, 0) is 51.5 Å². The first kappa shape index (κ1) is 28.1. The first-order valence-electron chi connectivity index (χ1n) is 11.2. The number of ether oxygens (including phenoxy) is 2. The highest BCUT2D eigenvalue weighted by atomic mass is 16.6. The predicted octanol–water partition coefficient (Wildman–Crippen LogP) is 3.54. The van der Waals surface area contributed by atoms with Crippen molar-refractivity contribution in [2.75, 3.05) is 13.2 Å². The topological polar surface area (TPSA) is 118 Å². The molecule has 0 aliphatic rings. The van der Waals surface area contributed by atoms with E-state index in [0.717, 1.165) is 5.56 Å². The van der Waals surface area contributed by atoms with Gasteiger partial charge in [0.1, 0.15) is 20.3 Å². The summed E-state index contributed by atoms with van der Waals surface area (Å²) in [5.41, 5.74) is -0.488. The van der Waals surface area contributed by atoms with Crippen LogP contribution in [0.25, 0.3) is 0 Å². The Morgan fingerprint density at radius 1 is 1.09 bits per heavy atom. The standard InChI is InChI=1S/C25H36N2O6/c1-18(20-8-11-27(6)12-9-20)15-24(3,4)23(31)33-14-13-32-22(30)19(2)16-25(5,17-26)10-7-21(28)29/h8-9,11-12,18-19H,7,10,13-16H2,1-6H3/p+1. The van der Waals surface area contributed by atoms with Crippen molar-refractivity contribution in [3.8, 4) is 6.07 Å². The lowest BCUT2D eigenvalue weighted by Crippen LogP contribution is -2.30. The van der Waals surface area contributed by atoms with Crippen LogP contribution in [0, 0.1) is 28.1 Å². The number of aromatic nitrogens is 1. The molecule has 0 spiro atoms. The molecule has 8 nitrogen and oxygen atoms in total. The van der Waals surface area contributed by atoms with Crippen LogP contribution < -0.4 is 4.57 Å². The summed E-state index contributed by atoms with van der Waals surface area (Å²) in [7, 11) is 1.95. The van der Waals surface area contributed by atoms with Gasteiger partial charge in [-0.25, -0.2) is 4.57 Å². The Labute approximate surface area is 196 Å². The molecule has 1 heterocycles. The lowest BCUT2D eigenvalue weighted by atomic mass is 9.79. The van der Waals surface area contributed by atoms with Crippen molar-refractivity contribution in [1.29, 1.82) is 5.26 Å². The fourth-order valence-corrected chi connectivity index (χ4v) is 3.77. The summed E-state index contributed by atoms with van der Waals surface area (Å²) < 4.78 is 12.5. The van der Waals surface area contributed by atoms with Gasteiger partial charge in [-0.3, -0.25) is 14.4 Å². The van der Waals surface area contributed by atoms with Crippen LogP contribution in [0.1, 0.15) is 71.8 Å². The SMILES string of the molecule is CC(CC(C)(C#N)CCC(=O)O)C(=O)OCCOC(=O)C(C)(C)CC(C)c1cc[n+](C)cc1. The molecule has 33 heavy (non-hydrogen) atoms. The summed E-state index contributed by atoms with van der Waals surface area (Å²) in [6.07, 6.45) is 4.76. The van der Waals surface area contributed by atoms with Gasteiger partial charge in [-0.15, -0.1) is 0 Å². The molecule has 182 valence electrons. The van der Waals surface area contributed by atoms with E-state index in [0.29, 0.717) is 6.42 Å². The number of hydrogen-bond acceptors (Lipinski definition) is 6. The van der Waals surface area contributed by atoms with Crippen LogP contribution in [0.3, 0.4) is 0 Å². The summed E-state index contributed by atoms with van der Waals surface area (Å²) in [5, 5.41) is 18.2. The van der Waals surface area contributed by atoms with Crippen molar-refractivity contribution in [3.05, 3.63) is 30.1 Å². The molecule has 0 aromatic carbocycles. The lowest BCUT2D eigenvalue weighted by molar-refractivity contribution is -0.671. The Morgan fingerprint density at radius 3 is 2.21 bits per heavy atom. The van der Waals surface area contributed by atoms with Crippen molar-refractivity contribution in [2.24, 2.45) is 23.8 Å². The normalized spacial score (nSPS) is 14.9. The second kappa shape index (κ2) is 12.3. The molecule has 1 aromatic heterocycles. The van der Waals surface area contributed by atoms with Gasteiger partial charge in [-0.1, -0.05) is 13.8 Å². The Kier molecular flexibility index (Phi) is 10.5. The fourth-order valence-electron chi connectivity index (χ4n) is 3.77. The van der Waals surface area contributed by atoms with Gasteiger partial charge in [0.25, 0.3) is 0 Å². The zero-order valence-corrected chi connectivity index (χ0v) is 20.6. The van der Waals surface area contributed by atoms with Crippen molar-refractivity contribution >= 4 is 17.9 Å². The van der Waals surface area contributed by atoms with Crippen molar-refractivity contribution in [2.45, 2.75) is 66.2 Å². The predicted molar refractivity (Wildman–Crippen MR) is 121 cm³/mol. The average Bonchev–Trinajstić information content (AvgIpc) is 2.75. The number of aryl methyl sites for hydroxylation is 1. The minimum atomic E-state index is -0.983. The van der Waals surface area contributed by atoms with Gasteiger partial charge < -0.3 is 14.6 Å². The lowest BCUT2D eigenvalue weighted by Gasteiger charge is -2.26. The molecule has 0 aliphatic carbocycles. The molecular formula is C25H37N2O6+. The van der Waals surface area contributed by atoms with Crippen molar-refractivity contribution < 1.29 is 33.5 Å². The third kappa shape index (κ3) is 9.60. The van der Waals surface area contributed by atoms with Gasteiger partial charge in [0.2, 0.25) is 0 Å². The van der Waals surface area contributed by atoms with E-state index in [1.54, 1.807) is 13.8 Å². The van der Waals surface area contributed by atoms with E-state index in [1.807, 2.05) is 50.0 Å². The van der Waals surface area contributed by atoms with Crippen LogP contribution in [-0.2, 0) is 30.9 Å². The molecular weight excluding hydrogens is 424 g/mol. The zero-order chi connectivity index (χ0) is 25.2. The molecule has 0 saturated carbocycles. The first-order valence-corrected chi connectivity index (χ1v) is 11.2. The Morgan fingerprint density at radius 2 is 1.67 bits per heavy atom. The maximum atomic E-state index is 12.6. The molecule has 0 fully saturated rings.